The molecular formula is C16H27N3O5S2. The van der Waals surface area contributed by atoms with E-state index < -0.39 is 0 Å². The van der Waals surface area contributed by atoms with Gasteiger partial charge in [-0.3, -0.25) is 24.0 Å². The molecule has 0 aromatic rings. The highest BCUT2D eigenvalue weighted by Crippen LogP contribution is 2.01. The molecule has 0 bridgehead atoms. The number of amides is 3. The minimum absolute atomic E-state index is 0.0489. The van der Waals surface area contributed by atoms with Crippen molar-refractivity contribution in [3.63, 3.8) is 0 Å². The molecule has 2 N–H and O–H groups in total. The van der Waals surface area contributed by atoms with Crippen molar-refractivity contribution < 1.29 is 24.0 Å². The lowest BCUT2D eigenvalue weighted by atomic mass is 10.3. The summed E-state index contributed by atoms with van der Waals surface area (Å²) < 4.78 is 0. The molecule has 0 fully saturated rings. The minimum Gasteiger partial charge on any atom is -0.354 e. The van der Waals surface area contributed by atoms with Gasteiger partial charge in [0.1, 0.15) is 0 Å². The maximum Gasteiger partial charge on any atom is 0.230 e. The molecule has 3 amide bonds. The predicted octanol–water partition coefficient (Wildman–Crippen LogP) is 0.407. The van der Waals surface area contributed by atoms with E-state index in [-0.39, 0.29) is 52.5 Å². The van der Waals surface area contributed by atoms with Crippen LogP contribution in [-0.2, 0) is 24.0 Å². The second kappa shape index (κ2) is 14.6. The highest BCUT2D eigenvalue weighted by molar-refractivity contribution is 8.14. The van der Waals surface area contributed by atoms with Gasteiger partial charge >= 0.3 is 0 Å². The number of hydrogen-bond acceptors (Lipinski definition) is 7. The number of nitrogens with one attached hydrogen (secondary N) is 2. The van der Waals surface area contributed by atoms with Crippen LogP contribution in [0.25, 0.3) is 0 Å². The van der Waals surface area contributed by atoms with Gasteiger partial charge in [-0.2, -0.15) is 0 Å². The number of nitrogens with zero attached hydrogens (tertiary/aromatic N) is 1. The van der Waals surface area contributed by atoms with E-state index in [0.717, 1.165) is 23.5 Å². The lowest BCUT2D eigenvalue weighted by Gasteiger charge is -2.23. The third-order valence-electron chi connectivity index (χ3n) is 3.04. The van der Waals surface area contributed by atoms with E-state index in [1.165, 1.54) is 13.8 Å². The molecule has 0 atom stereocenters. The molecule has 0 spiro atoms. The van der Waals surface area contributed by atoms with Crippen molar-refractivity contribution in [3.05, 3.63) is 0 Å². The van der Waals surface area contributed by atoms with E-state index in [0.29, 0.717) is 25.9 Å². The van der Waals surface area contributed by atoms with Crippen LogP contribution in [0.1, 0.15) is 33.6 Å². The van der Waals surface area contributed by atoms with Crippen molar-refractivity contribution in [1.82, 2.24) is 15.5 Å². The first-order valence-electron chi connectivity index (χ1n) is 8.34. The van der Waals surface area contributed by atoms with E-state index >= 15 is 0 Å². The van der Waals surface area contributed by atoms with Gasteiger partial charge < -0.3 is 15.5 Å². The van der Waals surface area contributed by atoms with Crippen molar-refractivity contribution in [3.8, 4) is 0 Å². The number of hydrogen-bond donors (Lipinski definition) is 2. The highest BCUT2D eigenvalue weighted by Gasteiger charge is 2.13. The Hall–Kier alpha value is -1.55. The molecule has 0 unspecified atom stereocenters. The molecule has 0 rings (SSSR count). The monoisotopic (exact) mass is 405 g/mol. The Morgan fingerprint density at radius 1 is 0.808 bits per heavy atom. The molecule has 0 aliphatic rings. The number of rotatable bonds is 12. The van der Waals surface area contributed by atoms with Crippen molar-refractivity contribution >= 4 is 51.5 Å². The summed E-state index contributed by atoms with van der Waals surface area (Å²) in [5, 5.41) is 5.07. The van der Waals surface area contributed by atoms with Crippen LogP contribution in [0.4, 0.5) is 0 Å². The summed E-state index contributed by atoms with van der Waals surface area (Å²) in [6.45, 7) is 5.90. The van der Waals surface area contributed by atoms with Crippen LogP contribution in [-0.4, -0.2) is 70.5 Å². The van der Waals surface area contributed by atoms with Gasteiger partial charge in [-0.15, -0.1) is 0 Å². The van der Waals surface area contributed by atoms with Gasteiger partial charge in [0, 0.05) is 46.4 Å². The Labute approximate surface area is 162 Å². The largest absolute Gasteiger partial charge is 0.354 e. The minimum atomic E-state index is -0.261. The molecule has 8 nitrogen and oxygen atoms in total. The quantitative estimate of drug-likeness (QED) is 0.483. The van der Waals surface area contributed by atoms with Gasteiger partial charge in [-0.25, -0.2) is 0 Å². The summed E-state index contributed by atoms with van der Waals surface area (Å²) >= 11 is 1.86. The molecule has 0 aliphatic heterocycles. The molecule has 26 heavy (non-hydrogen) atoms. The summed E-state index contributed by atoms with van der Waals surface area (Å²) in [4.78, 5) is 58.5. The maximum absolute atomic E-state index is 12.1. The molecule has 0 heterocycles. The highest BCUT2D eigenvalue weighted by atomic mass is 32.2. The number of thioether (sulfide) groups is 2. The van der Waals surface area contributed by atoms with Gasteiger partial charge in [-0.05, 0) is 6.42 Å². The van der Waals surface area contributed by atoms with Gasteiger partial charge in [0.25, 0.3) is 0 Å². The van der Waals surface area contributed by atoms with Crippen LogP contribution < -0.4 is 10.6 Å². The standard InChI is InChI=1S/C16H27N3O5S2/c1-4-5-16(24)19(8-6-17-14(22)10-25-12(2)20)9-7-18-15(23)11-26-13(3)21/h4-11H2,1-3H3,(H,17,22)(H,18,23). The van der Waals surface area contributed by atoms with E-state index in [9.17, 15) is 24.0 Å². The fraction of sp³-hybridized carbons (Fsp3) is 0.688. The normalized spacial score (nSPS) is 10.1. The smallest absolute Gasteiger partial charge is 0.230 e. The van der Waals surface area contributed by atoms with Crippen LogP contribution >= 0.6 is 23.5 Å². The van der Waals surface area contributed by atoms with Crippen LogP contribution in [0.5, 0.6) is 0 Å². The zero-order valence-electron chi connectivity index (χ0n) is 15.5. The third kappa shape index (κ3) is 13.7. The second-order valence-corrected chi connectivity index (χ2v) is 7.70. The lowest BCUT2D eigenvalue weighted by molar-refractivity contribution is -0.132. The number of carbonyl (C=O) groups excluding carboxylic acids is 5. The fourth-order valence-electron chi connectivity index (χ4n) is 1.83. The fourth-order valence-corrected chi connectivity index (χ4v) is 2.70. The molecule has 0 aromatic carbocycles. The van der Waals surface area contributed by atoms with Crippen LogP contribution in [0.3, 0.4) is 0 Å². The third-order valence-corrected chi connectivity index (χ3v) is 4.66. The molecule has 148 valence electrons. The number of carbonyl (C=O) groups is 5. The second-order valence-electron chi connectivity index (χ2n) is 5.39. The Morgan fingerprint density at radius 3 is 1.58 bits per heavy atom. The van der Waals surface area contributed by atoms with E-state index in [1.807, 2.05) is 6.92 Å². The Bertz CT molecular complexity index is 478. The Balaban J connectivity index is 4.25. The van der Waals surface area contributed by atoms with E-state index in [1.54, 1.807) is 4.90 Å². The summed E-state index contributed by atoms with van der Waals surface area (Å²) in [6.07, 6.45) is 1.10. The van der Waals surface area contributed by atoms with Gasteiger partial charge in [0.2, 0.25) is 17.7 Å². The predicted molar refractivity (Wildman–Crippen MR) is 104 cm³/mol. The average molecular weight is 406 g/mol. The van der Waals surface area contributed by atoms with Gasteiger partial charge in [0.05, 0.1) is 11.5 Å². The van der Waals surface area contributed by atoms with Crippen molar-refractivity contribution in [1.29, 1.82) is 0 Å². The first-order chi connectivity index (χ1) is 12.3. The van der Waals surface area contributed by atoms with E-state index in [4.69, 9.17) is 0 Å². The molecule has 0 radical (unpaired) electrons. The van der Waals surface area contributed by atoms with Crippen molar-refractivity contribution in [2.24, 2.45) is 0 Å². The maximum atomic E-state index is 12.1. The molecule has 0 aromatic heterocycles. The lowest BCUT2D eigenvalue weighted by Crippen LogP contribution is -2.43. The Morgan fingerprint density at radius 2 is 1.23 bits per heavy atom. The average Bonchev–Trinajstić information content (AvgIpc) is 2.56. The molecule has 0 saturated heterocycles. The topological polar surface area (TPSA) is 113 Å². The summed E-state index contributed by atoms with van der Waals surface area (Å²) in [5.74, 6) is -0.456. The van der Waals surface area contributed by atoms with Crippen molar-refractivity contribution in [2.45, 2.75) is 33.6 Å². The van der Waals surface area contributed by atoms with E-state index in [2.05, 4.69) is 10.6 Å². The van der Waals surface area contributed by atoms with Crippen molar-refractivity contribution in [2.75, 3.05) is 37.7 Å². The van der Waals surface area contributed by atoms with Crippen LogP contribution in [0, 0.1) is 0 Å². The van der Waals surface area contributed by atoms with Crippen LogP contribution in [0.15, 0.2) is 0 Å². The zero-order chi connectivity index (χ0) is 19.9. The zero-order valence-corrected chi connectivity index (χ0v) is 17.1. The first-order valence-corrected chi connectivity index (χ1v) is 10.3. The van der Waals surface area contributed by atoms with Gasteiger partial charge in [-0.1, -0.05) is 30.4 Å². The molecular weight excluding hydrogens is 378 g/mol. The first kappa shape index (κ1) is 24.5. The molecule has 10 heteroatoms. The summed E-state index contributed by atoms with van der Waals surface area (Å²) in [6, 6.07) is 0. The SMILES string of the molecule is CCCC(=O)N(CCNC(=O)CSC(C)=O)CCNC(=O)CSC(C)=O. The van der Waals surface area contributed by atoms with Crippen LogP contribution in [0.2, 0.25) is 0 Å². The molecule has 0 aliphatic carbocycles. The molecule has 0 saturated carbocycles. The summed E-state index contributed by atoms with van der Waals surface area (Å²) in [5.41, 5.74) is 0. The van der Waals surface area contributed by atoms with Gasteiger partial charge in [0.15, 0.2) is 10.2 Å². The summed E-state index contributed by atoms with van der Waals surface area (Å²) in [7, 11) is 0. The Kier molecular flexibility index (Phi) is 13.7.